The minimum atomic E-state index is 0.912. The largest absolute Gasteiger partial charge is 0.455 e. The Morgan fingerprint density at radius 1 is 0.488 bits per heavy atom. The van der Waals surface area contributed by atoms with Gasteiger partial charge in [0, 0.05) is 37.3 Å². The first-order chi connectivity index (χ1) is 21.3. The monoisotopic (exact) mass is 567 g/mol. The Kier molecular flexibility index (Phi) is 5.40. The molecule has 7 aromatic carbocycles. The number of para-hydroxylation sites is 1. The fourth-order valence-electron chi connectivity index (χ4n) is 6.46. The van der Waals surface area contributed by atoms with Crippen molar-refractivity contribution in [2.75, 3.05) is 4.90 Å². The van der Waals surface area contributed by atoms with Crippen molar-refractivity contribution < 1.29 is 4.42 Å². The van der Waals surface area contributed by atoms with Crippen molar-refractivity contribution in [2.24, 2.45) is 0 Å². The molecule has 2 nitrogen and oxygen atoms in total. The molecule has 2 heterocycles. The van der Waals surface area contributed by atoms with Crippen molar-refractivity contribution in [3.63, 3.8) is 0 Å². The van der Waals surface area contributed by atoms with Gasteiger partial charge in [0.2, 0.25) is 0 Å². The van der Waals surface area contributed by atoms with Crippen LogP contribution in [0, 0.1) is 0 Å². The van der Waals surface area contributed by atoms with E-state index in [4.69, 9.17) is 4.42 Å². The standard InChI is InChI=1S/C40H25NOS/c1-2-11-26(12-3-1)27-21-23-29(24-22-27)41(34-18-10-14-28-13-4-5-15-30(28)34)35-25-33-31-16-6-8-19-36(31)42-39(33)38-32-17-7-9-20-37(32)43-40(35)38/h1-25H. The SMILES string of the molecule is c1ccc(-c2ccc(N(c3cccc4ccccc34)c3cc4c5ccccc5oc4c4c3sc3ccccc34)cc2)cc1. The summed E-state index contributed by atoms with van der Waals surface area (Å²) in [5.74, 6) is 0. The Bertz CT molecular complexity index is 2450. The first kappa shape index (κ1) is 24.2. The maximum absolute atomic E-state index is 6.60. The fourth-order valence-corrected chi connectivity index (χ4v) is 7.66. The summed E-state index contributed by atoms with van der Waals surface area (Å²) in [5, 5.41) is 7.10. The second-order valence-electron chi connectivity index (χ2n) is 10.9. The molecule has 0 atom stereocenters. The fraction of sp³-hybridized carbons (Fsp3) is 0. The van der Waals surface area contributed by atoms with E-state index in [-0.39, 0.29) is 0 Å². The molecule has 0 amide bonds. The van der Waals surface area contributed by atoms with Gasteiger partial charge in [-0.25, -0.2) is 0 Å². The molecule has 0 saturated carbocycles. The van der Waals surface area contributed by atoms with Crippen LogP contribution in [0.1, 0.15) is 0 Å². The van der Waals surface area contributed by atoms with Crippen molar-refractivity contribution in [2.45, 2.75) is 0 Å². The quantitative estimate of drug-likeness (QED) is 0.210. The van der Waals surface area contributed by atoms with E-state index < -0.39 is 0 Å². The number of hydrogen-bond donors (Lipinski definition) is 0. The molecular formula is C40H25NOS. The molecule has 0 bridgehead atoms. The molecule has 0 aliphatic rings. The Labute approximate surface area is 252 Å². The van der Waals surface area contributed by atoms with Gasteiger partial charge in [-0.1, -0.05) is 115 Å². The third-order valence-corrected chi connectivity index (χ3v) is 9.64. The summed E-state index contributed by atoms with van der Waals surface area (Å²) in [7, 11) is 0. The van der Waals surface area contributed by atoms with Gasteiger partial charge in [-0.3, -0.25) is 0 Å². The second kappa shape index (κ2) is 9.59. The summed E-state index contributed by atoms with van der Waals surface area (Å²) in [4.78, 5) is 2.44. The zero-order chi connectivity index (χ0) is 28.3. The van der Waals surface area contributed by atoms with Gasteiger partial charge in [0.1, 0.15) is 11.2 Å². The molecule has 0 aliphatic heterocycles. The number of furan rings is 1. The lowest BCUT2D eigenvalue weighted by atomic mass is 10.0. The van der Waals surface area contributed by atoms with Crippen LogP contribution in [0.25, 0.3) is 64.0 Å². The average Bonchev–Trinajstić information content (AvgIpc) is 3.65. The average molecular weight is 568 g/mol. The van der Waals surface area contributed by atoms with Crippen molar-refractivity contribution in [3.8, 4) is 11.1 Å². The third-order valence-electron chi connectivity index (χ3n) is 8.45. The van der Waals surface area contributed by atoms with Gasteiger partial charge >= 0.3 is 0 Å². The zero-order valence-corrected chi connectivity index (χ0v) is 24.0. The van der Waals surface area contributed by atoms with E-state index >= 15 is 0 Å². The normalized spacial score (nSPS) is 11.7. The predicted molar refractivity (Wildman–Crippen MR) is 184 cm³/mol. The third kappa shape index (κ3) is 3.79. The molecule has 0 unspecified atom stereocenters. The molecule has 43 heavy (non-hydrogen) atoms. The van der Waals surface area contributed by atoms with Crippen LogP contribution in [0.4, 0.5) is 17.1 Å². The molecular weight excluding hydrogens is 543 g/mol. The van der Waals surface area contributed by atoms with Crippen LogP contribution in [-0.2, 0) is 0 Å². The Morgan fingerprint density at radius 3 is 2.02 bits per heavy atom. The molecule has 9 aromatic rings. The van der Waals surface area contributed by atoms with E-state index in [1.807, 2.05) is 17.4 Å². The van der Waals surface area contributed by atoms with Crippen LogP contribution in [0.5, 0.6) is 0 Å². The van der Waals surface area contributed by atoms with E-state index in [9.17, 15) is 0 Å². The van der Waals surface area contributed by atoms with Crippen LogP contribution in [0.2, 0.25) is 0 Å². The number of nitrogens with zero attached hydrogens (tertiary/aromatic N) is 1. The lowest BCUT2D eigenvalue weighted by molar-refractivity contribution is 0.673. The number of rotatable bonds is 4. The molecule has 0 spiro atoms. The highest BCUT2D eigenvalue weighted by atomic mass is 32.1. The first-order valence-corrected chi connectivity index (χ1v) is 15.3. The Balaban J connectivity index is 1.40. The number of hydrogen-bond acceptors (Lipinski definition) is 3. The molecule has 2 aromatic heterocycles. The summed E-state index contributed by atoms with van der Waals surface area (Å²) in [6.07, 6.45) is 0. The molecule has 9 rings (SSSR count). The predicted octanol–water partition coefficient (Wildman–Crippen LogP) is 12.2. The highest BCUT2D eigenvalue weighted by Crippen LogP contribution is 2.50. The summed E-state index contributed by atoms with van der Waals surface area (Å²) in [6.45, 7) is 0. The first-order valence-electron chi connectivity index (χ1n) is 14.5. The maximum Gasteiger partial charge on any atom is 0.144 e. The lowest BCUT2D eigenvalue weighted by Crippen LogP contribution is -2.10. The van der Waals surface area contributed by atoms with Gasteiger partial charge < -0.3 is 9.32 Å². The van der Waals surface area contributed by atoms with Crippen molar-refractivity contribution in [3.05, 3.63) is 152 Å². The smallest absolute Gasteiger partial charge is 0.144 e. The van der Waals surface area contributed by atoms with Gasteiger partial charge in [0.15, 0.2) is 0 Å². The van der Waals surface area contributed by atoms with E-state index in [0.717, 1.165) is 39.0 Å². The van der Waals surface area contributed by atoms with Crippen molar-refractivity contribution >= 4 is 81.3 Å². The van der Waals surface area contributed by atoms with Crippen LogP contribution >= 0.6 is 11.3 Å². The minimum Gasteiger partial charge on any atom is -0.455 e. The topological polar surface area (TPSA) is 16.4 Å². The Hall–Kier alpha value is -5.38. The number of benzene rings is 7. The Morgan fingerprint density at radius 2 is 1.16 bits per heavy atom. The van der Waals surface area contributed by atoms with E-state index in [1.54, 1.807) is 0 Å². The number of anilines is 3. The van der Waals surface area contributed by atoms with Crippen LogP contribution in [0.15, 0.2) is 156 Å². The molecule has 202 valence electrons. The van der Waals surface area contributed by atoms with Gasteiger partial charge in [-0.15, -0.1) is 11.3 Å². The summed E-state index contributed by atoms with van der Waals surface area (Å²) in [6, 6.07) is 54.2. The van der Waals surface area contributed by atoms with Gasteiger partial charge in [0.25, 0.3) is 0 Å². The maximum atomic E-state index is 6.60. The minimum absolute atomic E-state index is 0.912. The molecule has 0 radical (unpaired) electrons. The molecule has 0 fully saturated rings. The second-order valence-corrected chi connectivity index (χ2v) is 12.0. The summed E-state index contributed by atoms with van der Waals surface area (Å²) < 4.78 is 9.07. The van der Waals surface area contributed by atoms with Crippen LogP contribution in [-0.4, -0.2) is 0 Å². The van der Waals surface area contributed by atoms with Crippen molar-refractivity contribution in [1.82, 2.24) is 0 Å². The lowest BCUT2D eigenvalue weighted by Gasteiger charge is -2.28. The van der Waals surface area contributed by atoms with Crippen LogP contribution in [0.3, 0.4) is 0 Å². The van der Waals surface area contributed by atoms with Gasteiger partial charge in [-0.2, -0.15) is 0 Å². The number of thiophene rings is 1. The highest BCUT2D eigenvalue weighted by Gasteiger charge is 2.24. The highest BCUT2D eigenvalue weighted by molar-refractivity contribution is 7.26. The molecule has 0 saturated heterocycles. The summed E-state index contributed by atoms with van der Waals surface area (Å²) >= 11 is 1.83. The number of fused-ring (bicyclic) bond motifs is 8. The van der Waals surface area contributed by atoms with E-state index in [2.05, 4.69) is 150 Å². The van der Waals surface area contributed by atoms with E-state index in [0.29, 0.717) is 0 Å². The van der Waals surface area contributed by atoms with Crippen molar-refractivity contribution in [1.29, 1.82) is 0 Å². The van der Waals surface area contributed by atoms with Gasteiger partial charge in [0.05, 0.1) is 16.1 Å². The zero-order valence-electron chi connectivity index (χ0n) is 23.2. The van der Waals surface area contributed by atoms with Gasteiger partial charge in [-0.05, 0) is 52.9 Å². The molecule has 0 N–H and O–H groups in total. The molecule has 0 aliphatic carbocycles. The molecule has 3 heteroatoms. The van der Waals surface area contributed by atoms with Crippen LogP contribution < -0.4 is 4.90 Å². The van der Waals surface area contributed by atoms with E-state index in [1.165, 1.54) is 42.1 Å². The summed E-state index contributed by atoms with van der Waals surface area (Å²) in [5.41, 5.74) is 7.69.